The lowest BCUT2D eigenvalue weighted by atomic mass is 10.1. The summed E-state index contributed by atoms with van der Waals surface area (Å²) in [7, 11) is 0. The van der Waals surface area contributed by atoms with Gasteiger partial charge in [-0.1, -0.05) is 6.07 Å². The lowest BCUT2D eigenvalue weighted by molar-refractivity contribution is -0.757. The minimum absolute atomic E-state index is 0.0551. The van der Waals surface area contributed by atoms with Gasteiger partial charge in [-0.05, 0) is 24.6 Å². The summed E-state index contributed by atoms with van der Waals surface area (Å²) in [5, 5.41) is 10.4. The van der Waals surface area contributed by atoms with Crippen LogP contribution < -0.4 is 9.47 Å². The molecule has 0 N–H and O–H groups in total. The second-order valence-corrected chi connectivity index (χ2v) is 5.96. The quantitative estimate of drug-likeness (QED) is 0.600. The average molecular weight is 322 g/mol. The van der Waals surface area contributed by atoms with Gasteiger partial charge in [-0.15, -0.1) is 21.5 Å². The predicted octanol–water partition coefficient (Wildman–Crippen LogP) is 2.52. The molecule has 2 aromatic rings. The number of hydrogen-bond donors (Lipinski definition) is 0. The number of aromatic nitrogens is 1. The number of rotatable bonds is 6. The van der Waals surface area contributed by atoms with E-state index in [1.807, 2.05) is 25.1 Å². The zero-order valence-electron chi connectivity index (χ0n) is 11.9. The first kappa shape index (κ1) is 14.6. The zero-order chi connectivity index (χ0) is 15.5. The van der Waals surface area contributed by atoms with Crippen LogP contribution in [-0.4, -0.2) is 23.5 Å². The maximum absolute atomic E-state index is 10.2. The van der Waals surface area contributed by atoms with Crippen molar-refractivity contribution in [1.29, 1.82) is 0 Å². The fraction of sp³-hybridized carbons (Fsp3) is 0.357. The second-order valence-electron chi connectivity index (χ2n) is 4.79. The van der Waals surface area contributed by atoms with Crippen molar-refractivity contribution in [3.63, 3.8) is 0 Å². The minimum Gasteiger partial charge on any atom is -0.454 e. The first-order valence-corrected chi connectivity index (χ1v) is 7.54. The molecule has 0 saturated heterocycles. The van der Waals surface area contributed by atoms with Gasteiger partial charge in [0.05, 0.1) is 10.7 Å². The maximum Gasteiger partial charge on any atom is 0.294 e. The molecule has 2 heterocycles. The standard InChI is InChI=1S/C14H14N2O5S/c1-9-13(4-5-21-16(17)18)22-14(15-9)7-10-2-3-11-12(6-10)20-8-19-11/h2-3,6H,4-5,7-8H2,1H3. The summed E-state index contributed by atoms with van der Waals surface area (Å²) < 4.78 is 10.6. The van der Waals surface area contributed by atoms with Crippen LogP contribution in [0.4, 0.5) is 0 Å². The summed E-state index contributed by atoms with van der Waals surface area (Å²) in [6, 6.07) is 5.83. The summed E-state index contributed by atoms with van der Waals surface area (Å²) in [6.45, 7) is 2.22. The second kappa shape index (κ2) is 6.18. The van der Waals surface area contributed by atoms with Crippen LogP contribution in [-0.2, 0) is 17.7 Å². The monoisotopic (exact) mass is 322 g/mol. The number of hydrogen-bond acceptors (Lipinski definition) is 7. The third-order valence-electron chi connectivity index (χ3n) is 3.26. The van der Waals surface area contributed by atoms with Gasteiger partial charge in [0.15, 0.2) is 11.5 Å². The molecule has 0 saturated carbocycles. The van der Waals surface area contributed by atoms with Crippen molar-refractivity contribution in [2.45, 2.75) is 19.8 Å². The molecule has 0 atom stereocenters. The molecule has 1 aliphatic rings. The highest BCUT2D eigenvalue weighted by atomic mass is 32.1. The first-order valence-electron chi connectivity index (χ1n) is 6.73. The molecule has 0 bridgehead atoms. The van der Waals surface area contributed by atoms with E-state index in [1.54, 1.807) is 11.3 Å². The molecule has 116 valence electrons. The highest BCUT2D eigenvalue weighted by Gasteiger charge is 2.15. The fourth-order valence-corrected chi connectivity index (χ4v) is 3.32. The highest BCUT2D eigenvalue weighted by Crippen LogP contribution is 2.33. The van der Waals surface area contributed by atoms with E-state index in [2.05, 4.69) is 9.82 Å². The van der Waals surface area contributed by atoms with Crippen molar-refractivity contribution in [3.8, 4) is 11.5 Å². The van der Waals surface area contributed by atoms with E-state index in [0.29, 0.717) is 12.8 Å². The van der Waals surface area contributed by atoms with Crippen LogP contribution >= 0.6 is 11.3 Å². The van der Waals surface area contributed by atoms with E-state index in [1.165, 1.54) is 0 Å². The van der Waals surface area contributed by atoms with Crippen molar-refractivity contribution in [1.82, 2.24) is 4.98 Å². The summed E-state index contributed by atoms with van der Waals surface area (Å²) in [5.74, 6) is 1.52. The number of benzene rings is 1. The third-order valence-corrected chi connectivity index (χ3v) is 4.47. The molecule has 0 unspecified atom stereocenters. The van der Waals surface area contributed by atoms with Crippen molar-refractivity contribution >= 4 is 11.3 Å². The molecular weight excluding hydrogens is 308 g/mol. The number of fused-ring (bicyclic) bond motifs is 1. The SMILES string of the molecule is Cc1nc(Cc2ccc3c(c2)OCO3)sc1CCO[N+](=O)[O-]. The van der Waals surface area contributed by atoms with Crippen LogP contribution in [0.15, 0.2) is 18.2 Å². The largest absolute Gasteiger partial charge is 0.454 e. The van der Waals surface area contributed by atoms with Crippen molar-refractivity contribution in [3.05, 3.63) is 49.5 Å². The molecule has 0 radical (unpaired) electrons. The molecule has 0 amide bonds. The molecule has 22 heavy (non-hydrogen) atoms. The molecular formula is C14H14N2O5S. The van der Waals surface area contributed by atoms with E-state index < -0.39 is 5.09 Å². The van der Waals surface area contributed by atoms with E-state index in [4.69, 9.17) is 9.47 Å². The van der Waals surface area contributed by atoms with E-state index >= 15 is 0 Å². The van der Waals surface area contributed by atoms with E-state index in [9.17, 15) is 10.1 Å². The fourth-order valence-electron chi connectivity index (χ4n) is 2.23. The Morgan fingerprint density at radius 3 is 3.05 bits per heavy atom. The van der Waals surface area contributed by atoms with Crippen molar-refractivity contribution < 1.29 is 19.4 Å². The summed E-state index contributed by atoms with van der Waals surface area (Å²) >= 11 is 1.55. The molecule has 0 spiro atoms. The van der Waals surface area contributed by atoms with Gasteiger partial charge < -0.3 is 14.3 Å². The summed E-state index contributed by atoms with van der Waals surface area (Å²) in [4.78, 5) is 20.0. The van der Waals surface area contributed by atoms with Crippen LogP contribution in [0.25, 0.3) is 0 Å². The summed E-state index contributed by atoms with van der Waals surface area (Å²) in [6.07, 6.45) is 1.18. The topological polar surface area (TPSA) is 83.7 Å². The molecule has 7 nitrogen and oxygen atoms in total. The molecule has 1 aromatic heterocycles. The van der Waals surface area contributed by atoms with E-state index in [0.717, 1.165) is 32.6 Å². The average Bonchev–Trinajstić information content (AvgIpc) is 3.05. The number of nitrogens with zero attached hydrogens (tertiary/aromatic N) is 2. The Labute approximate surface area is 130 Å². The Balaban J connectivity index is 1.66. The van der Waals surface area contributed by atoms with Crippen molar-refractivity contribution in [2.24, 2.45) is 0 Å². The van der Waals surface area contributed by atoms with E-state index in [-0.39, 0.29) is 13.4 Å². The molecule has 1 aromatic carbocycles. The van der Waals surface area contributed by atoms with Crippen LogP contribution in [0.5, 0.6) is 11.5 Å². The van der Waals surface area contributed by atoms with Crippen LogP contribution in [0.3, 0.4) is 0 Å². The molecule has 0 fully saturated rings. The number of thiazole rings is 1. The van der Waals surface area contributed by atoms with Gasteiger partial charge in [0.25, 0.3) is 5.09 Å². The Morgan fingerprint density at radius 2 is 2.23 bits per heavy atom. The molecule has 0 aliphatic carbocycles. The Bertz CT molecular complexity index is 701. The predicted molar refractivity (Wildman–Crippen MR) is 78.9 cm³/mol. The van der Waals surface area contributed by atoms with Gasteiger partial charge in [-0.25, -0.2) is 4.98 Å². The molecule has 8 heteroatoms. The van der Waals surface area contributed by atoms with Gasteiger partial charge in [0.1, 0.15) is 6.61 Å². The van der Waals surface area contributed by atoms with Gasteiger partial charge in [-0.3, -0.25) is 0 Å². The van der Waals surface area contributed by atoms with Crippen molar-refractivity contribution in [2.75, 3.05) is 13.4 Å². The first-order chi connectivity index (χ1) is 10.6. The lowest BCUT2D eigenvalue weighted by Gasteiger charge is -2.00. The highest BCUT2D eigenvalue weighted by molar-refractivity contribution is 7.11. The lowest BCUT2D eigenvalue weighted by Crippen LogP contribution is -2.04. The minimum atomic E-state index is -0.774. The molecule has 3 rings (SSSR count). The Kier molecular flexibility index (Phi) is 4.10. The van der Waals surface area contributed by atoms with Crippen LogP contribution in [0.2, 0.25) is 0 Å². The molecule has 1 aliphatic heterocycles. The van der Waals surface area contributed by atoms with Gasteiger partial charge in [0, 0.05) is 17.7 Å². The Morgan fingerprint density at radius 1 is 1.41 bits per heavy atom. The number of ether oxygens (including phenoxy) is 2. The van der Waals surface area contributed by atoms with Crippen LogP contribution in [0, 0.1) is 17.0 Å². The normalized spacial score (nSPS) is 12.4. The smallest absolute Gasteiger partial charge is 0.294 e. The Hall–Kier alpha value is -2.35. The van der Waals surface area contributed by atoms with Gasteiger partial charge in [0.2, 0.25) is 6.79 Å². The summed E-state index contributed by atoms with van der Waals surface area (Å²) in [5.41, 5.74) is 1.98. The third kappa shape index (κ3) is 3.28. The zero-order valence-corrected chi connectivity index (χ0v) is 12.7. The van der Waals surface area contributed by atoms with Crippen LogP contribution in [0.1, 0.15) is 21.1 Å². The van der Waals surface area contributed by atoms with Gasteiger partial charge >= 0.3 is 0 Å². The van der Waals surface area contributed by atoms with Gasteiger partial charge in [-0.2, -0.15) is 0 Å². The maximum atomic E-state index is 10.2. The number of aryl methyl sites for hydroxylation is 1.